The Hall–Kier alpha value is -1.05. The minimum atomic E-state index is 0.257. The van der Waals surface area contributed by atoms with Gasteiger partial charge >= 0.3 is 0 Å². The van der Waals surface area contributed by atoms with Crippen molar-refractivity contribution in [3.8, 4) is 0 Å². The number of fused-ring (bicyclic) bond motifs is 2. The van der Waals surface area contributed by atoms with E-state index in [1.807, 2.05) is 0 Å². The lowest BCUT2D eigenvalue weighted by Gasteiger charge is -2.36. The monoisotopic (exact) mass is 299 g/mol. The van der Waals surface area contributed by atoms with Crippen LogP contribution in [0, 0.1) is 41.4 Å². The normalized spacial score (nSPS) is 46.0. The number of rotatable bonds is 3. The summed E-state index contributed by atoms with van der Waals surface area (Å²) in [5.41, 5.74) is 0. The van der Waals surface area contributed by atoms with Crippen molar-refractivity contribution in [3.63, 3.8) is 0 Å². The average Bonchev–Trinajstić information content (AvgIpc) is 3.22. The Balaban J connectivity index is 1.48. The molecule has 0 bridgehead atoms. The molecule has 3 fully saturated rings. The molecule has 2 saturated carbocycles. The van der Waals surface area contributed by atoms with Gasteiger partial charge in [0.15, 0.2) is 0 Å². The molecule has 22 heavy (non-hydrogen) atoms. The Kier molecular flexibility index (Phi) is 3.66. The molecule has 0 aromatic carbocycles. The maximum atomic E-state index is 12.9. The maximum absolute atomic E-state index is 12.9. The number of allylic oxidation sites excluding steroid dienone is 3. The molecule has 4 aliphatic rings. The Morgan fingerprint density at radius 2 is 2.05 bits per heavy atom. The van der Waals surface area contributed by atoms with Gasteiger partial charge in [-0.05, 0) is 67.6 Å². The SMILES string of the molecule is C=CCC1C2CC2C(C)C2CN(C(=O)C3CC=CCC3)CC21. The van der Waals surface area contributed by atoms with Crippen LogP contribution in [0.15, 0.2) is 24.8 Å². The fourth-order valence-electron chi connectivity index (χ4n) is 5.83. The second-order valence-corrected chi connectivity index (χ2v) is 8.16. The lowest BCUT2D eigenvalue weighted by molar-refractivity contribution is -0.135. The topological polar surface area (TPSA) is 20.3 Å². The minimum absolute atomic E-state index is 0.257. The van der Waals surface area contributed by atoms with E-state index in [0.29, 0.717) is 5.91 Å². The van der Waals surface area contributed by atoms with E-state index in [1.54, 1.807) is 0 Å². The van der Waals surface area contributed by atoms with Crippen molar-refractivity contribution in [1.29, 1.82) is 0 Å². The lowest BCUT2D eigenvalue weighted by atomic mass is 9.68. The van der Waals surface area contributed by atoms with E-state index in [-0.39, 0.29) is 5.92 Å². The van der Waals surface area contributed by atoms with E-state index < -0.39 is 0 Å². The van der Waals surface area contributed by atoms with Crippen molar-refractivity contribution in [2.75, 3.05) is 13.1 Å². The third-order valence-electron chi connectivity index (χ3n) is 7.12. The molecule has 120 valence electrons. The van der Waals surface area contributed by atoms with Gasteiger partial charge in [-0.3, -0.25) is 4.79 Å². The first-order valence-electron chi connectivity index (χ1n) is 9.25. The van der Waals surface area contributed by atoms with E-state index in [1.165, 1.54) is 6.42 Å². The van der Waals surface area contributed by atoms with Crippen LogP contribution in [0.25, 0.3) is 0 Å². The fraction of sp³-hybridized carbons (Fsp3) is 0.750. The van der Waals surface area contributed by atoms with Crippen molar-refractivity contribution < 1.29 is 4.79 Å². The van der Waals surface area contributed by atoms with Gasteiger partial charge in [-0.2, -0.15) is 0 Å². The van der Waals surface area contributed by atoms with Crippen molar-refractivity contribution >= 4 is 5.91 Å². The smallest absolute Gasteiger partial charge is 0.226 e. The Morgan fingerprint density at radius 1 is 1.23 bits per heavy atom. The average molecular weight is 299 g/mol. The van der Waals surface area contributed by atoms with Crippen LogP contribution < -0.4 is 0 Å². The number of likely N-dealkylation sites (tertiary alicyclic amines) is 1. The highest BCUT2D eigenvalue weighted by molar-refractivity contribution is 5.79. The molecule has 0 aromatic heterocycles. The van der Waals surface area contributed by atoms with E-state index in [9.17, 15) is 4.79 Å². The highest BCUT2D eigenvalue weighted by Crippen LogP contribution is 2.62. The molecule has 0 spiro atoms. The summed E-state index contributed by atoms with van der Waals surface area (Å²) < 4.78 is 0. The summed E-state index contributed by atoms with van der Waals surface area (Å²) in [5, 5.41) is 0. The Labute approximate surface area is 134 Å². The lowest BCUT2D eigenvalue weighted by Crippen LogP contribution is -2.35. The van der Waals surface area contributed by atoms with Gasteiger partial charge in [-0.1, -0.05) is 25.2 Å². The minimum Gasteiger partial charge on any atom is -0.342 e. The summed E-state index contributed by atoms with van der Waals surface area (Å²) in [6.07, 6.45) is 12.2. The van der Waals surface area contributed by atoms with Crippen molar-refractivity contribution in [2.24, 2.45) is 41.4 Å². The molecular weight excluding hydrogens is 270 g/mol. The van der Waals surface area contributed by atoms with Crippen molar-refractivity contribution in [1.82, 2.24) is 4.90 Å². The molecule has 1 saturated heterocycles. The molecule has 7 atom stereocenters. The predicted octanol–water partition coefficient (Wildman–Crippen LogP) is 3.90. The van der Waals surface area contributed by atoms with Crippen LogP contribution in [0.1, 0.15) is 39.0 Å². The highest BCUT2D eigenvalue weighted by atomic mass is 16.2. The van der Waals surface area contributed by atoms with Gasteiger partial charge in [0.05, 0.1) is 0 Å². The molecule has 0 N–H and O–H groups in total. The van der Waals surface area contributed by atoms with Crippen molar-refractivity contribution in [2.45, 2.75) is 39.0 Å². The first kappa shape index (κ1) is 14.5. The second kappa shape index (κ2) is 5.54. The largest absolute Gasteiger partial charge is 0.342 e. The molecule has 7 unspecified atom stereocenters. The fourth-order valence-corrected chi connectivity index (χ4v) is 5.83. The van der Waals surface area contributed by atoms with Crippen LogP contribution >= 0.6 is 0 Å². The summed E-state index contributed by atoms with van der Waals surface area (Å²) in [6, 6.07) is 0. The number of carbonyl (C=O) groups excluding carboxylic acids is 1. The van der Waals surface area contributed by atoms with E-state index in [0.717, 1.165) is 74.3 Å². The van der Waals surface area contributed by atoms with Gasteiger partial charge < -0.3 is 4.90 Å². The Morgan fingerprint density at radius 3 is 2.77 bits per heavy atom. The van der Waals surface area contributed by atoms with Crippen LogP contribution in [0.3, 0.4) is 0 Å². The van der Waals surface area contributed by atoms with Crippen LogP contribution in [0.4, 0.5) is 0 Å². The quantitative estimate of drug-likeness (QED) is 0.724. The van der Waals surface area contributed by atoms with Crippen LogP contribution in [0.5, 0.6) is 0 Å². The third kappa shape index (κ3) is 2.26. The second-order valence-electron chi connectivity index (χ2n) is 8.16. The molecule has 4 rings (SSSR count). The third-order valence-corrected chi connectivity index (χ3v) is 7.12. The molecule has 0 radical (unpaired) electrons. The zero-order valence-electron chi connectivity index (χ0n) is 13.8. The van der Waals surface area contributed by atoms with Crippen LogP contribution in [0.2, 0.25) is 0 Å². The predicted molar refractivity (Wildman–Crippen MR) is 89.1 cm³/mol. The number of nitrogens with zero attached hydrogens (tertiary/aromatic N) is 1. The van der Waals surface area contributed by atoms with Gasteiger partial charge in [-0.15, -0.1) is 6.58 Å². The summed E-state index contributed by atoms with van der Waals surface area (Å²) in [4.78, 5) is 15.1. The van der Waals surface area contributed by atoms with Crippen molar-refractivity contribution in [3.05, 3.63) is 24.8 Å². The molecule has 2 nitrogen and oxygen atoms in total. The summed E-state index contributed by atoms with van der Waals surface area (Å²) in [6.45, 7) is 8.48. The molecular formula is C20H29NO. The van der Waals surface area contributed by atoms with Crippen LogP contribution in [-0.2, 0) is 4.79 Å². The zero-order valence-corrected chi connectivity index (χ0v) is 13.8. The van der Waals surface area contributed by atoms with Gasteiger partial charge in [0.1, 0.15) is 0 Å². The van der Waals surface area contributed by atoms with Crippen LogP contribution in [-0.4, -0.2) is 23.9 Å². The molecule has 1 aliphatic heterocycles. The van der Waals surface area contributed by atoms with Gasteiger partial charge in [-0.25, -0.2) is 0 Å². The summed E-state index contributed by atoms with van der Waals surface area (Å²) >= 11 is 0. The first-order chi connectivity index (χ1) is 10.7. The molecule has 1 heterocycles. The van der Waals surface area contributed by atoms with E-state index >= 15 is 0 Å². The van der Waals surface area contributed by atoms with E-state index in [4.69, 9.17) is 0 Å². The van der Waals surface area contributed by atoms with Gasteiger partial charge in [0.2, 0.25) is 5.91 Å². The molecule has 3 aliphatic carbocycles. The maximum Gasteiger partial charge on any atom is 0.226 e. The highest BCUT2D eigenvalue weighted by Gasteiger charge is 2.58. The zero-order chi connectivity index (χ0) is 15.3. The Bertz CT molecular complexity index is 496. The number of hydrogen-bond donors (Lipinski definition) is 0. The van der Waals surface area contributed by atoms with E-state index in [2.05, 4.69) is 36.6 Å². The summed E-state index contributed by atoms with van der Waals surface area (Å²) in [5.74, 6) is 5.68. The van der Waals surface area contributed by atoms with Gasteiger partial charge in [0.25, 0.3) is 0 Å². The number of carbonyl (C=O) groups is 1. The molecule has 2 heteroatoms. The first-order valence-corrected chi connectivity index (χ1v) is 9.25. The number of hydrogen-bond acceptors (Lipinski definition) is 1. The summed E-state index contributed by atoms with van der Waals surface area (Å²) in [7, 11) is 0. The van der Waals surface area contributed by atoms with Gasteiger partial charge in [0, 0.05) is 19.0 Å². The standard InChI is InChI=1S/C20H29NO/c1-3-7-15-17-10-16(17)13(2)18-11-21(12-19(15)18)20(22)14-8-5-4-6-9-14/h3-5,13-19H,1,6-12H2,2H3. The molecule has 0 aromatic rings. The molecule has 1 amide bonds. The number of amides is 1.